The Hall–Kier alpha value is -3.15. The highest BCUT2D eigenvalue weighted by Gasteiger charge is 2.32. The number of carbonyl (C=O) groups is 2. The van der Waals surface area contributed by atoms with Crippen molar-refractivity contribution in [2.45, 2.75) is 11.3 Å². The lowest BCUT2D eigenvalue weighted by Gasteiger charge is -2.35. The van der Waals surface area contributed by atoms with Gasteiger partial charge in [-0.05, 0) is 24.3 Å². The van der Waals surface area contributed by atoms with Gasteiger partial charge in [-0.15, -0.1) is 0 Å². The maximum atomic E-state index is 13.2. The first-order valence-corrected chi connectivity index (χ1v) is 12.7. The Morgan fingerprint density at radius 2 is 1.71 bits per heavy atom. The van der Waals surface area contributed by atoms with E-state index in [4.69, 9.17) is 9.47 Å². The summed E-state index contributed by atoms with van der Waals surface area (Å²) in [5.74, 6) is 0.556. The first kappa shape index (κ1) is 22.6. The standard InChI is InChI=1S/C23H26N4O6S/c28-22-15-27(19-5-2-1-4-18(19)24-22)23(29)16-25-8-10-26(11-9-25)34(30,31)17-6-7-20-21(14-17)33-13-3-12-32-20/h1-2,4-7,14H,3,8-13,15-16H2,(H,24,28). The molecule has 1 fully saturated rings. The predicted octanol–water partition coefficient (Wildman–Crippen LogP) is 1.14. The van der Waals surface area contributed by atoms with Gasteiger partial charge in [0.2, 0.25) is 21.8 Å². The second kappa shape index (κ2) is 9.24. The molecule has 2 aromatic rings. The van der Waals surface area contributed by atoms with Crippen LogP contribution in [0.15, 0.2) is 47.4 Å². The Morgan fingerprint density at radius 3 is 2.50 bits per heavy atom. The monoisotopic (exact) mass is 486 g/mol. The smallest absolute Gasteiger partial charge is 0.244 e. The summed E-state index contributed by atoms with van der Waals surface area (Å²) in [4.78, 5) is 28.6. The summed E-state index contributed by atoms with van der Waals surface area (Å²) in [7, 11) is -3.70. The summed E-state index contributed by atoms with van der Waals surface area (Å²) < 4.78 is 39.1. The molecule has 0 aliphatic carbocycles. The van der Waals surface area contributed by atoms with Crippen LogP contribution in [0.25, 0.3) is 0 Å². The molecule has 0 bridgehead atoms. The lowest BCUT2D eigenvalue weighted by molar-refractivity contribution is -0.122. The minimum absolute atomic E-state index is 0.0334. The quantitative estimate of drug-likeness (QED) is 0.690. The molecular weight excluding hydrogens is 460 g/mol. The van der Waals surface area contributed by atoms with E-state index in [2.05, 4.69) is 5.32 Å². The van der Waals surface area contributed by atoms with Gasteiger partial charge in [-0.2, -0.15) is 4.31 Å². The Balaban J connectivity index is 1.22. The Bertz CT molecular complexity index is 1210. The van der Waals surface area contributed by atoms with Crippen molar-refractivity contribution < 1.29 is 27.5 Å². The predicted molar refractivity (Wildman–Crippen MR) is 125 cm³/mol. The number of amides is 2. The summed E-state index contributed by atoms with van der Waals surface area (Å²) in [6.07, 6.45) is 0.741. The van der Waals surface area contributed by atoms with E-state index in [0.717, 1.165) is 6.42 Å². The number of carbonyl (C=O) groups excluding carboxylic acids is 2. The third kappa shape index (κ3) is 4.46. The van der Waals surface area contributed by atoms with E-state index >= 15 is 0 Å². The first-order valence-electron chi connectivity index (χ1n) is 11.2. The van der Waals surface area contributed by atoms with Gasteiger partial charge in [0.25, 0.3) is 0 Å². The summed E-state index contributed by atoms with van der Waals surface area (Å²) in [5, 5.41) is 2.77. The molecule has 10 nitrogen and oxygen atoms in total. The van der Waals surface area contributed by atoms with Crippen LogP contribution in [-0.2, 0) is 19.6 Å². The number of sulfonamides is 1. The highest BCUT2D eigenvalue weighted by molar-refractivity contribution is 7.89. The first-order chi connectivity index (χ1) is 16.4. The van der Waals surface area contributed by atoms with Crippen LogP contribution in [0.1, 0.15) is 6.42 Å². The molecule has 0 unspecified atom stereocenters. The zero-order valence-electron chi connectivity index (χ0n) is 18.6. The fourth-order valence-corrected chi connectivity index (χ4v) is 5.75. The number of rotatable bonds is 4. The van der Waals surface area contributed by atoms with Crippen molar-refractivity contribution >= 4 is 33.2 Å². The summed E-state index contributed by atoms with van der Waals surface area (Å²) in [6.45, 7) is 2.45. The molecule has 3 heterocycles. The highest BCUT2D eigenvalue weighted by atomic mass is 32.2. The lowest BCUT2D eigenvalue weighted by Crippen LogP contribution is -2.52. The van der Waals surface area contributed by atoms with Gasteiger partial charge in [-0.25, -0.2) is 8.42 Å². The normalized spacial score (nSPS) is 19.2. The third-order valence-electron chi connectivity index (χ3n) is 6.12. The Morgan fingerprint density at radius 1 is 0.971 bits per heavy atom. The number of anilines is 2. The van der Waals surface area contributed by atoms with Crippen molar-refractivity contribution in [3.63, 3.8) is 0 Å². The minimum atomic E-state index is -3.70. The number of para-hydroxylation sites is 2. The molecule has 3 aliphatic heterocycles. The molecule has 180 valence electrons. The molecule has 1 saturated heterocycles. The number of hydrogen-bond acceptors (Lipinski definition) is 7. The maximum absolute atomic E-state index is 13.2. The second-order valence-corrected chi connectivity index (χ2v) is 10.3. The van der Waals surface area contributed by atoms with Crippen molar-refractivity contribution in [2.75, 3.05) is 62.7 Å². The van der Waals surface area contributed by atoms with Crippen LogP contribution in [0, 0.1) is 0 Å². The van der Waals surface area contributed by atoms with E-state index in [1.54, 1.807) is 24.3 Å². The zero-order valence-corrected chi connectivity index (χ0v) is 19.4. The lowest BCUT2D eigenvalue weighted by atomic mass is 10.2. The summed E-state index contributed by atoms with van der Waals surface area (Å²) >= 11 is 0. The molecule has 3 aliphatic rings. The molecule has 34 heavy (non-hydrogen) atoms. The van der Waals surface area contributed by atoms with Crippen LogP contribution >= 0.6 is 0 Å². The number of nitrogens with zero attached hydrogens (tertiary/aromatic N) is 3. The van der Waals surface area contributed by atoms with E-state index in [-0.39, 0.29) is 42.9 Å². The fraction of sp³-hybridized carbons (Fsp3) is 0.391. The summed E-state index contributed by atoms with van der Waals surface area (Å²) in [5.41, 5.74) is 1.28. The molecule has 0 radical (unpaired) electrons. The number of hydrogen-bond donors (Lipinski definition) is 1. The molecule has 2 aromatic carbocycles. The van der Waals surface area contributed by atoms with E-state index in [9.17, 15) is 18.0 Å². The Kier molecular flexibility index (Phi) is 6.15. The largest absolute Gasteiger partial charge is 0.490 e. The second-order valence-electron chi connectivity index (χ2n) is 8.38. The van der Waals surface area contributed by atoms with Crippen molar-refractivity contribution in [3.8, 4) is 11.5 Å². The van der Waals surface area contributed by atoms with Gasteiger partial charge in [0.15, 0.2) is 11.5 Å². The third-order valence-corrected chi connectivity index (χ3v) is 8.01. The Labute approximate surface area is 198 Å². The average molecular weight is 487 g/mol. The molecular formula is C23H26N4O6S. The number of piperazine rings is 1. The topological polar surface area (TPSA) is 108 Å². The molecule has 5 rings (SSSR count). The SMILES string of the molecule is O=C1CN(C(=O)CN2CCN(S(=O)(=O)c3ccc4c(c3)OCCCO4)CC2)c2ccccc2N1. The van der Waals surface area contributed by atoms with Crippen LogP contribution < -0.4 is 19.7 Å². The molecule has 1 N–H and O–H groups in total. The van der Waals surface area contributed by atoms with Gasteiger partial charge in [-0.1, -0.05) is 12.1 Å². The highest BCUT2D eigenvalue weighted by Crippen LogP contribution is 2.33. The molecule has 0 aromatic heterocycles. The average Bonchev–Trinajstić information content (AvgIpc) is 3.09. The zero-order chi connectivity index (χ0) is 23.7. The maximum Gasteiger partial charge on any atom is 0.244 e. The van der Waals surface area contributed by atoms with Crippen molar-refractivity contribution in [2.24, 2.45) is 0 Å². The fourth-order valence-electron chi connectivity index (χ4n) is 4.31. The molecule has 0 saturated carbocycles. The van der Waals surface area contributed by atoms with Gasteiger partial charge in [0.05, 0.1) is 36.0 Å². The van der Waals surface area contributed by atoms with Gasteiger partial charge >= 0.3 is 0 Å². The van der Waals surface area contributed by atoms with Crippen molar-refractivity contribution in [1.82, 2.24) is 9.21 Å². The number of nitrogens with one attached hydrogen (secondary N) is 1. The molecule has 11 heteroatoms. The van der Waals surface area contributed by atoms with E-state index in [0.29, 0.717) is 49.2 Å². The van der Waals surface area contributed by atoms with Crippen LogP contribution in [0.3, 0.4) is 0 Å². The van der Waals surface area contributed by atoms with Gasteiger partial charge in [0.1, 0.15) is 6.54 Å². The van der Waals surface area contributed by atoms with E-state index in [1.165, 1.54) is 21.3 Å². The number of fused-ring (bicyclic) bond motifs is 2. The van der Waals surface area contributed by atoms with E-state index in [1.807, 2.05) is 11.0 Å². The van der Waals surface area contributed by atoms with E-state index < -0.39 is 10.0 Å². The number of ether oxygens (including phenoxy) is 2. The molecule has 0 spiro atoms. The van der Waals surface area contributed by atoms with Gasteiger partial charge in [-0.3, -0.25) is 19.4 Å². The van der Waals surface area contributed by atoms with Crippen LogP contribution in [0.5, 0.6) is 11.5 Å². The van der Waals surface area contributed by atoms with Crippen LogP contribution in [-0.4, -0.2) is 81.9 Å². The van der Waals surface area contributed by atoms with Gasteiger partial charge in [0, 0.05) is 38.7 Å². The van der Waals surface area contributed by atoms with Crippen LogP contribution in [0.4, 0.5) is 11.4 Å². The molecule has 0 atom stereocenters. The minimum Gasteiger partial charge on any atom is -0.490 e. The van der Waals surface area contributed by atoms with Gasteiger partial charge < -0.3 is 14.8 Å². The van der Waals surface area contributed by atoms with Crippen molar-refractivity contribution in [3.05, 3.63) is 42.5 Å². The number of benzene rings is 2. The molecule has 2 amide bonds. The van der Waals surface area contributed by atoms with Crippen molar-refractivity contribution in [1.29, 1.82) is 0 Å². The summed E-state index contributed by atoms with van der Waals surface area (Å²) in [6, 6.07) is 11.9. The van der Waals surface area contributed by atoms with Crippen LogP contribution in [0.2, 0.25) is 0 Å².